The Hall–Kier alpha value is -1.88. The van der Waals surface area contributed by atoms with Crippen LogP contribution in [0.15, 0.2) is 24.3 Å². The van der Waals surface area contributed by atoms with E-state index in [-0.39, 0.29) is 24.0 Å². The molecule has 130 valence electrons. The van der Waals surface area contributed by atoms with Gasteiger partial charge in [0.05, 0.1) is 18.1 Å². The van der Waals surface area contributed by atoms with E-state index in [4.69, 9.17) is 9.84 Å². The van der Waals surface area contributed by atoms with E-state index >= 15 is 0 Å². The Bertz CT molecular complexity index is 589. The molecular weight excluding hydrogens is 306 g/mol. The maximum atomic E-state index is 12.9. The molecule has 2 aliphatic rings. The van der Waals surface area contributed by atoms with Crippen LogP contribution in [0.25, 0.3) is 0 Å². The van der Waals surface area contributed by atoms with Gasteiger partial charge >= 0.3 is 5.97 Å². The number of hydrogen-bond acceptors (Lipinski definition) is 3. The van der Waals surface area contributed by atoms with Gasteiger partial charge in [0.15, 0.2) is 0 Å². The minimum atomic E-state index is -0.962. The van der Waals surface area contributed by atoms with Crippen molar-refractivity contribution < 1.29 is 19.4 Å². The first kappa shape index (κ1) is 17.0. The molecule has 1 saturated carbocycles. The van der Waals surface area contributed by atoms with E-state index in [1.54, 1.807) is 18.2 Å². The summed E-state index contributed by atoms with van der Waals surface area (Å²) in [7, 11) is 0. The van der Waals surface area contributed by atoms with E-state index in [1.165, 1.54) is 12.8 Å². The average Bonchev–Trinajstić information content (AvgIpc) is 3.26. The summed E-state index contributed by atoms with van der Waals surface area (Å²) in [6.45, 7) is 1.46. The summed E-state index contributed by atoms with van der Waals surface area (Å²) in [5, 5.41) is 9.10. The average molecular weight is 331 g/mol. The van der Waals surface area contributed by atoms with Gasteiger partial charge in [0.2, 0.25) is 5.91 Å². The Morgan fingerprint density at radius 1 is 1.17 bits per heavy atom. The van der Waals surface area contributed by atoms with Crippen LogP contribution >= 0.6 is 0 Å². The van der Waals surface area contributed by atoms with Crippen LogP contribution in [-0.4, -0.2) is 47.2 Å². The zero-order valence-corrected chi connectivity index (χ0v) is 13.9. The van der Waals surface area contributed by atoms with Crippen molar-refractivity contribution >= 4 is 11.9 Å². The number of benzene rings is 1. The zero-order chi connectivity index (χ0) is 16.9. The molecule has 5 nitrogen and oxygen atoms in total. The Kier molecular flexibility index (Phi) is 5.51. The monoisotopic (exact) mass is 331 g/mol. The van der Waals surface area contributed by atoms with Crippen LogP contribution in [0, 0.1) is 0 Å². The van der Waals surface area contributed by atoms with Crippen LogP contribution < -0.4 is 0 Å². The highest BCUT2D eigenvalue weighted by molar-refractivity contribution is 5.88. The van der Waals surface area contributed by atoms with Gasteiger partial charge in [-0.2, -0.15) is 0 Å². The molecule has 2 fully saturated rings. The first-order chi connectivity index (χ1) is 11.6. The number of aromatic carboxylic acids is 1. The van der Waals surface area contributed by atoms with Crippen molar-refractivity contribution in [2.45, 2.75) is 57.1 Å². The van der Waals surface area contributed by atoms with E-state index in [2.05, 4.69) is 0 Å². The Morgan fingerprint density at radius 2 is 1.96 bits per heavy atom. The Balaban J connectivity index is 1.70. The van der Waals surface area contributed by atoms with Gasteiger partial charge in [-0.05, 0) is 43.4 Å². The predicted octanol–water partition coefficient (Wildman–Crippen LogP) is 2.88. The fourth-order valence-corrected chi connectivity index (χ4v) is 3.77. The fraction of sp³-hybridized carbons (Fsp3) is 0.579. The summed E-state index contributed by atoms with van der Waals surface area (Å²) >= 11 is 0. The molecule has 1 aromatic rings. The van der Waals surface area contributed by atoms with Crippen LogP contribution in [0.2, 0.25) is 0 Å². The van der Waals surface area contributed by atoms with Gasteiger partial charge in [0.1, 0.15) is 0 Å². The van der Waals surface area contributed by atoms with Crippen LogP contribution in [-0.2, 0) is 16.0 Å². The highest BCUT2D eigenvalue weighted by atomic mass is 16.5. The van der Waals surface area contributed by atoms with Crippen molar-refractivity contribution in [1.29, 1.82) is 0 Å². The Morgan fingerprint density at radius 3 is 2.62 bits per heavy atom. The second-order valence-electron chi connectivity index (χ2n) is 6.80. The van der Waals surface area contributed by atoms with Crippen LogP contribution in [0.5, 0.6) is 0 Å². The van der Waals surface area contributed by atoms with Gasteiger partial charge in [-0.15, -0.1) is 0 Å². The molecule has 5 heteroatoms. The van der Waals surface area contributed by atoms with Crippen molar-refractivity contribution in [2.75, 3.05) is 13.2 Å². The lowest BCUT2D eigenvalue weighted by molar-refractivity contribution is -0.134. The zero-order valence-electron chi connectivity index (χ0n) is 13.9. The molecule has 1 aliphatic carbocycles. The molecule has 1 aromatic carbocycles. The van der Waals surface area contributed by atoms with Gasteiger partial charge in [-0.25, -0.2) is 4.79 Å². The second kappa shape index (κ2) is 7.79. The van der Waals surface area contributed by atoms with Crippen LogP contribution in [0.3, 0.4) is 0 Å². The van der Waals surface area contributed by atoms with Crippen LogP contribution in [0.1, 0.15) is 54.4 Å². The highest BCUT2D eigenvalue weighted by Gasteiger charge is 2.30. The maximum absolute atomic E-state index is 12.9. The SMILES string of the molecule is O=C(O)c1cccc(CC(=O)N(CC2CCCO2)C2CCCC2)c1. The summed E-state index contributed by atoms with van der Waals surface area (Å²) < 4.78 is 5.72. The third-order valence-electron chi connectivity index (χ3n) is 5.04. The molecule has 1 saturated heterocycles. The number of carboxylic acid groups (broad SMARTS) is 1. The summed E-state index contributed by atoms with van der Waals surface area (Å²) in [6.07, 6.45) is 6.97. The molecule has 1 N–H and O–H groups in total. The highest BCUT2D eigenvalue weighted by Crippen LogP contribution is 2.26. The van der Waals surface area contributed by atoms with Gasteiger partial charge in [-0.3, -0.25) is 4.79 Å². The maximum Gasteiger partial charge on any atom is 0.335 e. The van der Waals surface area contributed by atoms with E-state index in [0.29, 0.717) is 12.6 Å². The number of rotatable bonds is 6. The summed E-state index contributed by atoms with van der Waals surface area (Å²) in [4.78, 5) is 26.0. The van der Waals surface area contributed by atoms with Gasteiger partial charge < -0.3 is 14.7 Å². The third-order valence-corrected chi connectivity index (χ3v) is 5.04. The standard InChI is InChI=1S/C19H25NO4/c21-18(12-14-5-3-6-15(11-14)19(22)23)20(16-7-1-2-8-16)13-17-9-4-10-24-17/h3,5-6,11,16-17H,1-2,4,7-10,12-13H2,(H,22,23). The van der Waals surface area contributed by atoms with E-state index in [9.17, 15) is 9.59 Å². The van der Waals surface area contributed by atoms with Crippen molar-refractivity contribution in [1.82, 2.24) is 4.90 Å². The molecule has 1 unspecified atom stereocenters. The lowest BCUT2D eigenvalue weighted by Gasteiger charge is -2.31. The number of nitrogens with zero attached hydrogens (tertiary/aromatic N) is 1. The predicted molar refractivity (Wildman–Crippen MR) is 90.0 cm³/mol. The largest absolute Gasteiger partial charge is 0.478 e. The first-order valence-electron chi connectivity index (χ1n) is 8.87. The molecule has 1 aliphatic heterocycles. The van der Waals surface area contributed by atoms with Crippen molar-refractivity contribution in [3.05, 3.63) is 35.4 Å². The minimum Gasteiger partial charge on any atom is -0.478 e. The van der Waals surface area contributed by atoms with Gasteiger partial charge in [-0.1, -0.05) is 25.0 Å². The van der Waals surface area contributed by atoms with Crippen molar-refractivity contribution in [3.8, 4) is 0 Å². The van der Waals surface area contributed by atoms with Crippen molar-refractivity contribution in [2.24, 2.45) is 0 Å². The smallest absolute Gasteiger partial charge is 0.335 e. The normalized spacial score (nSPS) is 21.1. The number of hydrogen-bond donors (Lipinski definition) is 1. The van der Waals surface area contributed by atoms with E-state index in [1.807, 2.05) is 11.0 Å². The lowest BCUT2D eigenvalue weighted by atomic mass is 10.1. The number of amides is 1. The molecule has 24 heavy (non-hydrogen) atoms. The summed E-state index contributed by atoms with van der Waals surface area (Å²) in [5.74, 6) is -0.878. The van der Waals surface area contributed by atoms with Crippen LogP contribution in [0.4, 0.5) is 0 Å². The molecule has 0 bridgehead atoms. The van der Waals surface area contributed by atoms with Crippen molar-refractivity contribution in [3.63, 3.8) is 0 Å². The molecule has 0 aromatic heterocycles. The third kappa shape index (κ3) is 4.15. The first-order valence-corrected chi connectivity index (χ1v) is 8.87. The number of carbonyl (C=O) groups is 2. The van der Waals surface area contributed by atoms with E-state index < -0.39 is 5.97 Å². The Labute approximate surface area is 142 Å². The number of ether oxygens (including phenoxy) is 1. The molecular formula is C19H25NO4. The summed E-state index contributed by atoms with van der Waals surface area (Å²) in [5.41, 5.74) is 0.988. The molecule has 0 radical (unpaired) electrons. The minimum absolute atomic E-state index is 0.0833. The van der Waals surface area contributed by atoms with E-state index in [0.717, 1.165) is 37.9 Å². The quantitative estimate of drug-likeness (QED) is 0.870. The number of carboxylic acids is 1. The number of carbonyl (C=O) groups excluding carboxylic acids is 1. The van der Waals surface area contributed by atoms with Gasteiger partial charge in [0, 0.05) is 19.2 Å². The molecule has 1 heterocycles. The second-order valence-corrected chi connectivity index (χ2v) is 6.80. The lowest BCUT2D eigenvalue weighted by Crippen LogP contribution is -2.44. The fourth-order valence-electron chi connectivity index (χ4n) is 3.77. The molecule has 1 amide bonds. The molecule has 0 spiro atoms. The molecule has 3 rings (SSSR count). The molecule has 1 atom stereocenters. The summed E-state index contributed by atoms with van der Waals surface area (Å²) in [6, 6.07) is 6.98. The van der Waals surface area contributed by atoms with Gasteiger partial charge in [0.25, 0.3) is 0 Å². The topological polar surface area (TPSA) is 66.8 Å².